The number of carbonyl (C=O) groups is 1. The molecule has 3 heterocycles. The Kier molecular flexibility index (Phi) is 7.33. The molecule has 0 unspecified atom stereocenters. The molecule has 1 aromatic carbocycles. The molecule has 1 amide bonds. The second-order valence-corrected chi connectivity index (χ2v) is 12.1. The minimum absolute atomic E-state index is 0.123. The van der Waals surface area contributed by atoms with Crippen molar-refractivity contribution in [2.24, 2.45) is 5.92 Å². The molecule has 0 N–H and O–H groups in total. The quantitative estimate of drug-likeness (QED) is 0.650. The Bertz CT molecular complexity index is 936. The Labute approximate surface area is 198 Å². The molecular formula is C24H38N4O4S. The van der Waals surface area contributed by atoms with Gasteiger partial charge in [0, 0.05) is 52.2 Å². The number of amides is 1. The van der Waals surface area contributed by atoms with Gasteiger partial charge in [0.15, 0.2) is 0 Å². The number of rotatable bonds is 5. The lowest BCUT2D eigenvalue weighted by Crippen LogP contribution is -2.55. The SMILES string of the molecule is CCOC(=O)N1CCC(CN2CCC3(CC2)CN(S(=O)(=O)N(C)C)Cc2ccccc23)CC1. The van der Waals surface area contributed by atoms with E-state index in [1.165, 1.54) is 9.87 Å². The minimum Gasteiger partial charge on any atom is -0.450 e. The average molecular weight is 479 g/mol. The first-order valence-corrected chi connectivity index (χ1v) is 13.5. The van der Waals surface area contributed by atoms with Crippen LogP contribution in [0.2, 0.25) is 0 Å². The molecule has 0 bridgehead atoms. The summed E-state index contributed by atoms with van der Waals surface area (Å²) in [6.07, 6.45) is 3.76. The van der Waals surface area contributed by atoms with Crippen LogP contribution in [0.15, 0.2) is 24.3 Å². The predicted octanol–water partition coefficient (Wildman–Crippen LogP) is 2.51. The van der Waals surface area contributed by atoms with Crippen molar-refractivity contribution in [1.82, 2.24) is 18.4 Å². The predicted molar refractivity (Wildman–Crippen MR) is 128 cm³/mol. The topological polar surface area (TPSA) is 73.4 Å². The van der Waals surface area contributed by atoms with E-state index in [9.17, 15) is 13.2 Å². The lowest BCUT2D eigenvalue weighted by atomic mass is 9.69. The Morgan fingerprint density at radius 2 is 1.79 bits per heavy atom. The third-order valence-electron chi connectivity index (χ3n) is 7.67. The molecule has 3 aliphatic heterocycles. The van der Waals surface area contributed by atoms with Crippen molar-refractivity contribution in [1.29, 1.82) is 0 Å². The lowest BCUT2D eigenvalue weighted by Gasteiger charge is -2.49. The van der Waals surface area contributed by atoms with Gasteiger partial charge in [0.25, 0.3) is 10.2 Å². The first-order chi connectivity index (χ1) is 15.7. The lowest BCUT2D eigenvalue weighted by molar-refractivity contribution is 0.0753. The van der Waals surface area contributed by atoms with Gasteiger partial charge in [-0.1, -0.05) is 24.3 Å². The molecule has 33 heavy (non-hydrogen) atoms. The van der Waals surface area contributed by atoms with Crippen molar-refractivity contribution in [2.75, 3.05) is 60.0 Å². The number of likely N-dealkylation sites (tertiary alicyclic amines) is 2. The van der Waals surface area contributed by atoms with Crippen molar-refractivity contribution in [3.8, 4) is 0 Å². The van der Waals surface area contributed by atoms with E-state index in [2.05, 4.69) is 23.1 Å². The molecule has 2 saturated heterocycles. The van der Waals surface area contributed by atoms with Crippen LogP contribution in [0.5, 0.6) is 0 Å². The summed E-state index contributed by atoms with van der Waals surface area (Å²) in [6.45, 7) is 7.80. The summed E-state index contributed by atoms with van der Waals surface area (Å²) in [4.78, 5) is 16.3. The van der Waals surface area contributed by atoms with Crippen LogP contribution >= 0.6 is 0 Å². The molecule has 8 nitrogen and oxygen atoms in total. The van der Waals surface area contributed by atoms with Gasteiger partial charge in [0.05, 0.1) is 6.61 Å². The maximum atomic E-state index is 13.0. The summed E-state index contributed by atoms with van der Waals surface area (Å²) < 4.78 is 34.1. The third kappa shape index (κ3) is 5.06. The Hall–Kier alpha value is -1.68. The number of nitrogens with zero attached hydrogens (tertiary/aromatic N) is 4. The maximum absolute atomic E-state index is 13.0. The van der Waals surface area contributed by atoms with Crippen LogP contribution in [0, 0.1) is 5.92 Å². The highest BCUT2D eigenvalue weighted by atomic mass is 32.2. The third-order valence-corrected chi connectivity index (χ3v) is 9.51. The van der Waals surface area contributed by atoms with Crippen molar-refractivity contribution >= 4 is 16.3 Å². The van der Waals surface area contributed by atoms with Gasteiger partial charge in [-0.25, -0.2) is 4.79 Å². The summed E-state index contributed by atoms with van der Waals surface area (Å²) in [7, 11) is -0.241. The van der Waals surface area contributed by atoms with Crippen LogP contribution < -0.4 is 0 Å². The van der Waals surface area contributed by atoms with Crippen LogP contribution in [0.3, 0.4) is 0 Å². The van der Waals surface area contributed by atoms with Gasteiger partial charge in [0.1, 0.15) is 0 Å². The van der Waals surface area contributed by atoms with E-state index in [0.717, 1.165) is 64.0 Å². The smallest absolute Gasteiger partial charge is 0.409 e. The van der Waals surface area contributed by atoms with E-state index in [0.29, 0.717) is 25.6 Å². The number of carbonyl (C=O) groups excluding carboxylic acids is 1. The molecular weight excluding hydrogens is 440 g/mol. The van der Waals surface area contributed by atoms with Gasteiger partial charge in [-0.15, -0.1) is 0 Å². The fraction of sp³-hybridized carbons (Fsp3) is 0.708. The Morgan fingerprint density at radius 1 is 1.12 bits per heavy atom. The normalized spacial score (nSPS) is 22.5. The molecule has 0 radical (unpaired) electrons. The van der Waals surface area contributed by atoms with Gasteiger partial charge in [0.2, 0.25) is 0 Å². The van der Waals surface area contributed by atoms with Crippen LogP contribution in [0.1, 0.15) is 43.7 Å². The molecule has 0 aromatic heterocycles. The zero-order valence-electron chi connectivity index (χ0n) is 20.2. The fourth-order valence-corrected chi connectivity index (χ4v) is 6.88. The summed E-state index contributed by atoms with van der Waals surface area (Å²) >= 11 is 0. The number of hydrogen-bond acceptors (Lipinski definition) is 5. The maximum Gasteiger partial charge on any atom is 0.409 e. The number of ether oxygens (including phenoxy) is 1. The molecule has 1 spiro atoms. The summed E-state index contributed by atoms with van der Waals surface area (Å²) in [5.74, 6) is 0.592. The molecule has 184 valence electrons. The molecule has 0 saturated carbocycles. The number of fused-ring (bicyclic) bond motifs is 2. The molecule has 0 atom stereocenters. The van der Waals surface area contributed by atoms with Gasteiger partial charge in [-0.3, -0.25) is 0 Å². The van der Waals surface area contributed by atoms with E-state index in [-0.39, 0.29) is 11.5 Å². The van der Waals surface area contributed by atoms with Crippen molar-refractivity contribution in [2.45, 2.75) is 44.6 Å². The molecule has 2 fully saturated rings. The molecule has 1 aromatic rings. The van der Waals surface area contributed by atoms with Gasteiger partial charge >= 0.3 is 6.09 Å². The molecule has 3 aliphatic rings. The van der Waals surface area contributed by atoms with Crippen LogP contribution in [0.4, 0.5) is 4.79 Å². The van der Waals surface area contributed by atoms with E-state index in [4.69, 9.17) is 4.74 Å². The van der Waals surface area contributed by atoms with E-state index in [1.807, 2.05) is 17.9 Å². The second kappa shape index (κ2) is 9.90. The standard InChI is InChI=1S/C24H38N4O4S/c1-4-32-23(29)27-13-9-20(10-14-27)17-26-15-11-24(12-16-26)19-28(33(30,31)25(2)3)18-21-7-5-6-8-22(21)24/h5-8,20H,4,9-19H2,1-3H3. The van der Waals surface area contributed by atoms with Crippen LogP contribution in [-0.2, 0) is 26.9 Å². The monoisotopic (exact) mass is 478 g/mol. The number of piperidine rings is 2. The van der Waals surface area contributed by atoms with Gasteiger partial charge < -0.3 is 14.5 Å². The van der Waals surface area contributed by atoms with Crippen molar-refractivity contribution in [3.63, 3.8) is 0 Å². The number of benzene rings is 1. The van der Waals surface area contributed by atoms with Gasteiger partial charge in [-0.05, 0) is 62.7 Å². The molecule has 9 heteroatoms. The second-order valence-electron chi connectivity index (χ2n) is 9.93. The highest BCUT2D eigenvalue weighted by Gasteiger charge is 2.45. The van der Waals surface area contributed by atoms with Crippen LogP contribution in [0.25, 0.3) is 0 Å². The number of hydrogen-bond donors (Lipinski definition) is 0. The van der Waals surface area contributed by atoms with Crippen molar-refractivity contribution in [3.05, 3.63) is 35.4 Å². The molecule has 4 rings (SSSR count). The highest BCUT2D eigenvalue weighted by molar-refractivity contribution is 7.86. The van der Waals surface area contributed by atoms with Crippen molar-refractivity contribution < 1.29 is 17.9 Å². The van der Waals surface area contributed by atoms with Crippen LogP contribution in [-0.4, -0.2) is 92.9 Å². The first kappa shape index (κ1) is 24.4. The van der Waals surface area contributed by atoms with E-state index < -0.39 is 10.2 Å². The minimum atomic E-state index is -3.46. The van der Waals surface area contributed by atoms with E-state index >= 15 is 0 Å². The zero-order valence-corrected chi connectivity index (χ0v) is 21.0. The summed E-state index contributed by atoms with van der Waals surface area (Å²) in [5.41, 5.74) is 2.34. The zero-order chi connectivity index (χ0) is 23.6. The summed E-state index contributed by atoms with van der Waals surface area (Å²) in [5, 5.41) is 0. The Balaban J connectivity index is 1.39. The largest absolute Gasteiger partial charge is 0.450 e. The molecule has 0 aliphatic carbocycles. The summed E-state index contributed by atoms with van der Waals surface area (Å²) in [6, 6.07) is 8.38. The first-order valence-electron chi connectivity index (χ1n) is 12.2. The average Bonchev–Trinajstić information content (AvgIpc) is 2.81. The Morgan fingerprint density at radius 3 is 2.42 bits per heavy atom. The van der Waals surface area contributed by atoms with E-state index in [1.54, 1.807) is 18.4 Å². The van der Waals surface area contributed by atoms with Gasteiger partial charge in [-0.2, -0.15) is 17.0 Å². The fourth-order valence-electron chi connectivity index (χ4n) is 5.71. The highest BCUT2D eigenvalue weighted by Crippen LogP contribution is 2.43.